The van der Waals surface area contributed by atoms with Gasteiger partial charge in [0, 0.05) is 18.8 Å². The topological polar surface area (TPSA) is 15.3 Å². The fourth-order valence-corrected chi connectivity index (χ4v) is 2.87. The average Bonchev–Trinajstić information content (AvgIpc) is 2.38. The number of anilines is 1. The highest BCUT2D eigenvalue weighted by atomic mass is 15.1. The second-order valence-electron chi connectivity index (χ2n) is 5.08. The van der Waals surface area contributed by atoms with Gasteiger partial charge in [-0.15, -0.1) is 0 Å². The summed E-state index contributed by atoms with van der Waals surface area (Å²) in [6, 6.07) is 6.81. The van der Waals surface area contributed by atoms with Gasteiger partial charge in [-0.3, -0.25) is 0 Å². The molecular weight excluding hydrogens is 220 g/mol. The number of para-hydroxylation sites is 1. The summed E-state index contributed by atoms with van der Waals surface area (Å²) < 4.78 is 0. The highest BCUT2D eigenvalue weighted by Gasteiger charge is 2.14. The molecule has 0 aromatic heterocycles. The molecule has 2 rings (SSSR count). The molecule has 0 bridgehead atoms. The summed E-state index contributed by atoms with van der Waals surface area (Å²) in [5, 5.41) is 3.49. The van der Waals surface area contributed by atoms with E-state index >= 15 is 0 Å². The van der Waals surface area contributed by atoms with E-state index in [9.17, 15) is 0 Å². The largest absolute Gasteiger partial charge is 0.371 e. The number of hydrogen-bond donors (Lipinski definition) is 1. The maximum Gasteiger partial charge on any atom is 0.0431 e. The van der Waals surface area contributed by atoms with Gasteiger partial charge in [-0.2, -0.15) is 0 Å². The third-order valence-electron chi connectivity index (χ3n) is 3.84. The van der Waals surface area contributed by atoms with E-state index in [2.05, 4.69) is 42.3 Å². The van der Waals surface area contributed by atoms with Gasteiger partial charge < -0.3 is 10.2 Å². The first-order valence-electron chi connectivity index (χ1n) is 7.43. The molecule has 1 heterocycles. The Morgan fingerprint density at radius 3 is 2.06 bits per heavy atom. The van der Waals surface area contributed by atoms with Crippen LogP contribution in [0.1, 0.15) is 37.8 Å². The molecule has 1 saturated heterocycles. The monoisotopic (exact) mass is 246 g/mol. The van der Waals surface area contributed by atoms with Crippen LogP contribution in [-0.4, -0.2) is 26.2 Å². The molecule has 2 nitrogen and oxygen atoms in total. The Morgan fingerprint density at radius 1 is 1.00 bits per heavy atom. The SMILES string of the molecule is CCc1cccc(CC)c1N1CCCNCCC1. The molecule has 0 unspecified atom stereocenters. The lowest BCUT2D eigenvalue weighted by atomic mass is 10.0. The molecule has 1 aromatic carbocycles. The number of nitrogens with zero attached hydrogens (tertiary/aromatic N) is 1. The van der Waals surface area contributed by atoms with E-state index < -0.39 is 0 Å². The fourth-order valence-electron chi connectivity index (χ4n) is 2.87. The van der Waals surface area contributed by atoms with Crippen molar-refractivity contribution in [3.63, 3.8) is 0 Å². The number of hydrogen-bond acceptors (Lipinski definition) is 2. The Labute approximate surface area is 111 Å². The lowest BCUT2D eigenvalue weighted by Crippen LogP contribution is -2.35. The van der Waals surface area contributed by atoms with Gasteiger partial charge in [0.1, 0.15) is 0 Å². The first-order chi connectivity index (χ1) is 8.86. The van der Waals surface area contributed by atoms with Gasteiger partial charge in [0.05, 0.1) is 0 Å². The van der Waals surface area contributed by atoms with Crippen LogP contribution in [0.25, 0.3) is 0 Å². The van der Waals surface area contributed by atoms with Crippen molar-refractivity contribution in [3.8, 4) is 0 Å². The minimum atomic E-state index is 1.14. The predicted octanol–water partition coefficient (Wildman–Crippen LogP) is 3.00. The third-order valence-corrected chi connectivity index (χ3v) is 3.84. The van der Waals surface area contributed by atoms with Crippen LogP contribution in [-0.2, 0) is 12.8 Å². The Morgan fingerprint density at radius 2 is 1.56 bits per heavy atom. The molecule has 0 saturated carbocycles. The molecule has 0 radical (unpaired) electrons. The Kier molecular flexibility index (Phi) is 5.06. The number of rotatable bonds is 3. The molecule has 100 valence electrons. The van der Waals surface area contributed by atoms with Gasteiger partial charge in [0.25, 0.3) is 0 Å². The van der Waals surface area contributed by atoms with E-state index in [4.69, 9.17) is 0 Å². The summed E-state index contributed by atoms with van der Waals surface area (Å²) in [5.41, 5.74) is 4.56. The average molecular weight is 246 g/mol. The molecule has 0 amide bonds. The molecule has 1 fully saturated rings. The molecule has 1 N–H and O–H groups in total. The normalized spacial score (nSPS) is 17.3. The van der Waals surface area contributed by atoms with Gasteiger partial charge >= 0.3 is 0 Å². The van der Waals surface area contributed by atoms with Gasteiger partial charge in [-0.1, -0.05) is 32.0 Å². The van der Waals surface area contributed by atoms with Crippen LogP contribution in [0.2, 0.25) is 0 Å². The second kappa shape index (κ2) is 6.79. The van der Waals surface area contributed by atoms with Crippen molar-refractivity contribution >= 4 is 5.69 Å². The second-order valence-corrected chi connectivity index (χ2v) is 5.08. The van der Waals surface area contributed by atoms with Crippen molar-refractivity contribution in [1.29, 1.82) is 0 Å². The van der Waals surface area contributed by atoms with Crippen LogP contribution in [0, 0.1) is 0 Å². The van der Waals surface area contributed by atoms with E-state index in [1.54, 1.807) is 0 Å². The van der Waals surface area contributed by atoms with Crippen molar-refractivity contribution < 1.29 is 0 Å². The summed E-state index contributed by atoms with van der Waals surface area (Å²) >= 11 is 0. The third kappa shape index (κ3) is 3.05. The smallest absolute Gasteiger partial charge is 0.0431 e. The standard InChI is InChI=1S/C16H26N2/c1-3-14-8-5-9-15(4-2)16(14)18-12-6-10-17-11-7-13-18/h5,8-9,17H,3-4,6-7,10-13H2,1-2H3. The number of benzene rings is 1. The van der Waals surface area contributed by atoms with E-state index in [0.29, 0.717) is 0 Å². The maximum atomic E-state index is 3.49. The number of nitrogens with one attached hydrogen (secondary N) is 1. The summed E-state index contributed by atoms with van der Waals surface area (Å²) in [4.78, 5) is 2.62. The van der Waals surface area contributed by atoms with Gasteiger partial charge in [0.15, 0.2) is 0 Å². The first kappa shape index (κ1) is 13.4. The van der Waals surface area contributed by atoms with Crippen LogP contribution < -0.4 is 10.2 Å². The number of aryl methyl sites for hydroxylation is 2. The van der Waals surface area contributed by atoms with Gasteiger partial charge in [-0.05, 0) is 49.9 Å². The molecular formula is C16H26N2. The van der Waals surface area contributed by atoms with Crippen LogP contribution >= 0.6 is 0 Å². The van der Waals surface area contributed by atoms with Crippen molar-refractivity contribution in [2.75, 3.05) is 31.1 Å². The quantitative estimate of drug-likeness (QED) is 0.882. The lowest BCUT2D eigenvalue weighted by Gasteiger charge is -2.31. The van der Waals surface area contributed by atoms with Gasteiger partial charge in [0.2, 0.25) is 0 Å². The molecule has 1 aliphatic heterocycles. The molecule has 0 spiro atoms. The molecule has 1 aliphatic rings. The van der Waals surface area contributed by atoms with Crippen LogP contribution in [0.5, 0.6) is 0 Å². The summed E-state index contributed by atoms with van der Waals surface area (Å²) in [6.45, 7) is 9.24. The van der Waals surface area contributed by atoms with E-state index in [1.807, 2.05) is 0 Å². The van der Waals surface area contributed by atoms with Crippen molar-refractivity contribution in [2.24, 2.45) is 0 Å². The molecule has 1 aromatic rings. The zero-order chi connectivity index (χ0) is 12.8. The predicted molar refractivity (Wildman–Crippen MR) is 79.5 cm³/mol. The minimum absolute atomic E-state index is 1.14. The van der Waals surface area contributed by atoms with E-state index in [1.165, 1.54) is 42.7 Å². The summed E-state index contributed by atoms with van der Waals surface area (Å²) in [7, 11) is 0. The first-order valence-corrected chi connectivity index (χ1v) is 7.43. The van der Waals surface area contributed by atoms with E-state index in [-0.39, 0.29) is 0 Å². The highest BCUT2D eigenvalue weighted by molar-refractivity contribution is 5.60. The van der Waals surface area contributed by atoms with E-state index in [0.717, 1.165) is 25.9 Å². The fraction of sp³-hybridized carbons (Fsp3) is 0.625. The summed E-state index contributed by atoms with van der Waals surface area (Å²) in [6.07, 6.45) is 4.78. The molecule has 0 atom stereocenters. The summed E-state index contributed by atoms with van der Waals surface area (Å²) in [5.74, 6) is 0. The van der Waals surface area contributed by atoms with Crippen LogP contribution in [0.4, 0.5) is 5.69 Å². The zero-order valence-corrected chi connectivity index (χ0v) is 11.8. The Bertz CT molecular complexity index is 343. The van der Waals surface area contributed by atoms with Crippen molar-refractivity contribution in [3.05, 3.63) is 29.3 Å². The Balaban J connectivity index is 2.28. The molecule has 2 heteroatoms. The van der Waals surface area contributed by atoms with Crippen molar-refractivity contribution in [1.82, 2.24) is 5.32 Å². The highest BCUT2D eigenvalue weighted by Crippen LogP contribution is 2.27. The van der Waals surface area contributed by atoms with Crippen LogP contribution in [0.3, 0.4) is 0 Å². The van der Waals surface area contributed by atoms with Crippen molar-refractivity contribution in [2.45, 2.75) is 39.5 Å². The minimum Gasteiger partial charge on any atom is -0.371 e. The molecule has 18 heavy (non-hydrogen) atoms. The lowest BCUT2D eigenvalue weighted by molar-refractivity contribution is 0.566. The molecule has 0 aliphatic carbocycles. The Hall–Kier alpha value is -1.02. The maximum absolute atomic E-state index is 3.49. The van der Waals surface area contributed by atoms with Gasteiger partial charge in [-0.25, -0.2) is 0 Å². The zero-order valence-electron chi connectivity index (χ0n) is 11.8. The van der Waals surface area contributed by atoms with Crippen LogP contribution in [0.15, 0.2) is 18.2 Å².